The van der Waals surface area contributed by atoms with E-state index in [0.29, 0.717) is 0 Å². The fourth-order valence-electron chi connectivity index (χ4n) is 0. The van der Waals surface area contributed by atoms with Crippen molar-refractivity contribution in [2.45, 2.75) is 13.8 Å². The van der Waals surface area contributed by atoms with E-state index in [-0.39, 0.29) is 49.6 Å². The van der Waals surface area contributed by atoms with Crippen molar-refractivity contribution >= 4 is 0 Å². The standard InChI is InChI=1S/C3H7.CH3.2W/c1-3-2;;;/h3H,1-2H3;1H3;;/q2*-1;;+2. The SMILES string of the molecule is C[CH-]C.[CH3-].[W+2].[W]. The van der Waals surface area contributed by atoms with Gasteiger partial charge in [-0.3, -0.25) is 0 Å². The van der Waals surface area contributed by atoms with E-state index in [4.69, 9.17) is 0 Å². The van der Waals surface area contributed by atoms with Crippen molar-refractivity contribution in [3.8, 4) is 0 Å². The number of rotatable bonds is 0. The van der Waals surface area contributed by atoms with Crippen molar-refractivity contribution in [3.63, 3.8) is 0 Å². The molecule has 0 fully saturated rings. The van der Waals surface area contributed by atoms with Crippen LogP contribution >= 0.6 is 0 Å². The van der Waals surface area contributed by atoms with Crippen LogP contribution in [0.3, 0.4) is 0 Å². The van der Waals surface area contributed by atoms with Crippen LogP contribution < -0.4 is 0 Å². The van der Waals surface area contributed by atoms with E-state index in [1.54, 1.807) is 0 Å². The third kappa shape index (κ3) is 54.3. The average molecular weight is 426 g/mol. The molecular weight excluding hydrogens is 416 g/mol. The molecule has 6 heavy (non-hydrogen) atoms. The first kappa shape index (κ1) is 26.3. The minimum absolute atomic E-state index is 0. The first-order chi connectivity index (χ1) is 1.41. The third-order valence-electron chi connectivity index (χ3n) is 0. The minimum atomic E-state index is 0. The van der Waals surface area contributed by atoms with Crippen LogP contribution in [0.15, 0.2) is 0 Å². The monoisotopic (exact) mass is 426 g/mol. The summed E-state index contributed by atoms with van der Waals surface area (Å²) in [4.78, 5) is 0. The van der Waals surface area contributed by atoms with Crippen molar-refractivity contribution in [1.82, 2.24) is 0 Å². The zero-order valence-corrected chi connectivity index (χ0v) is 10.3. The molecule has 2 heteroatoms. The molecule has 0 N–H and O–H groups in total. The van der Waals surface area contributed by atoms with Crippen molar-refractivity contribution in [2.75, 3.05) is 0 Å². The summed E-state index contributed by atoms with van der Waals surface area (Å²) in [6, 6.07) is 0. The van der Waals surface area contributed by atoms with Crippen molar-refractivity contribution in [3.05, 3.63) is 13.8 Å². The fourth-order valence-corrected chi connectivity index (χ4v) is 0. The smallest absolute Gasteiger partial charge is 0.358 e. The van der Waals surface area contributed by atoms with E-state index < -0.39 is 0 Å². The largest absolute Gasteiger partial charge is 2.00 e. The minimum Gasteiger partial charge on any atom is -0.358 e. The summed E-state index contributed by atoms with van der Waals surface area (Å²) in [5.74, 6) is 0. The summed E-state index contributed by atoms with van der Waals surface area (Å²) in [5.41, 5.74) is 0. The van der Waals surface area contributed by atoms with Gasteiger partial charge in [0.1, 0.15) is 0 Å². The summed E-state index contributed by atoms with van der Waals surface area (Å²) >= 11 is 0. The van der Waals surface area contributed by atoms with Gasteiger partial charge in [0, 0.05) is 21.1 Å². The average Bonchev–Trinajstić information content (AvgIpc) is 0.918. The Morgan fingerprint density at radius 2 is 1.17 bits per heavy atom. The van der Waals surface area contributed by atoms with Crippen LogP contribution in [0.4, 0.5) is 0 Å². The molecule has 0 saturated heterocycles. The van der Waals surface area contributed by atoms with Crippen LogP contribution in [-0.2, 0) is 42.1 Å². The van der Waals surface area contributed by atoms with Gasteiger partial charge < -0.3 is 13.8 Å². The molecule has 0 aromatic rings. The Hall–Kier alpha value is 1.38. The molecule has 0 heterocycles. The fraction of sp³-hybridized carbons (Fsp3) is 0.500. The molecule has 0 nitrogen and oxygen atoms in total. The summed E-state index contributed by atoms with van der Waals surface area (Å²) < 4.78 is 0. The molecule has 38 valence electrons. The predicted octanol–water partition coefficient (Wildman–Crippen LogP) is 1.68. The Labute approximate surface area is 69.6 Å². The quantitative estimate of drug-likeness (QED) is 0.518. The Balaban J connectivity index is -0.00000000667. The van der Waals surface area contributed by atoms with Crippen LogP contribution in [0, 0.1) is 13.8 Å². The van der Waals surface area contributed by atoms with E-state index in [1.165, 1.54) is 0 Å². The Bertz CT molecular complexity index is 5.51. The van der Waals surface area contributed by atoms with Crippen LogP contribution in [0.2, 0.25) is 0 Å². The normalized spacial score (nSPS) is 3.00. The van der Waals surface area contributed by atoms with Crippen LogP contribution in [0.5, 0.6) is 0 Å². The molecule has 0 aromatic heterocycles. The summed E-state index contributed by atoms with van der Waals surface area (Å²) in [6.07, 6.45) is 2.00. The summed E-state index contributed by atoms with van der Waals surface area (Å²) in [5, 5.41) is 0. The second kappa shape index (κ2) is 32.6. The van der Waals surface area contributed by atoms with Crippen molar-refractivity contribution in [1.29, 1.82) is 0 Å². The summed E-state index contributed by atoms with van der Waals surface area (Å²) in [7, 11) is 0. The van der Waals surface area contributed by atoms with E-state index >= 15 is 0 Å². The Kier molecular flexibility index (Phi) is 143. The van der Waals surface area contributed by atoms with Crippen LogP contribution in [-0.4, -0.2) is 0 Å². The van der Waals surface area contributed by atoms with E-state index in [0.717, 1.165) is 0 Å². The van der Waals surface area contributed by atoms with Gasteiger partial charge in [-0.2, -0.15) is 13.8 Å². The van der Waals surface area contributed by atoms with Gasteiger partial charge in [-0.25, -0.2) is 0 Å². The maximum Gasteiger partial charge on any atom is 2.00 e. The molecular formula is C4H10W2. The van der Waals surface area contributed by atoms with Gasteiger partial charge in [0.05, 0.1) is 0 Å². The third-order valence-corrected chi connectivity index (χ3v) is 0. The topological polar surface area (TPSA) is 0 Å². The first-order valence-electron chi connectivity index (χ1n) is 1.15. The molecule has 0 bridgehead atoms. The number of hydrogen-bond donors (Lipinski definition) is 0. The molecule has 0 aliphatic heterocycles. The van der Waals surface area contributed by atoms with Gasteiger partial charge in [0.25, 0.3) is 0 Å². The zero-order chi connectivity index (χ0) is 2.71. The van der Waals surface area contributed by atoms with Gasteiger partial charge in [0.15, 0.2) is 0 Å². The molecule has 0 radical (unpaired) electrons. The molecule has 0 atom stereocenters. The van der Waals surface area contributed by atoms with Crippen molar-refractivity contribution < 1.29 is 42.1 Å². The van der Waals surface area contributed by atoms with Crippen LogP contribution in [0.1, 0.15) is 13.8 Å². The van der Waals surface area contributed by atoms with Gasteiger partial charge >= 0.3 is 21.1 Å². The van der Waals surface area contributed by atoms with Gasteiger partial charge in [0.2, 0.25) is 0 Å². The Morgan fingerprint density at radius 3 is 1.17 bits per heavy atom. The van der Waals surface area contributed by atoms with E-state index in [9.17, 15) is 0 Å². The molecule has 0 aromatic carbocycles. The van der Waals surface area contributed by atoms with Gasteiger partial charge in [-0.1, -0.05) is 0 Å². The molecule has 0 unspecified atom stereocenters. The van der Waals surface area contributed by atoms with Crippen molar-refractivity contribution in [2.24, 2.45) is 0 Å². The molecule has 0 aliphatic carbocycles. The Morgan fingerprint density at radius 1 is 1.17 bits per heavy atom. The first-order valence-corrected chi connectivity index (χ1v) is 1.15. The molecule has 0 saturated carbocycles. The predicted molar refractivity (Wildman–Crippen MR) is 22.1 cm³/mol. The zero-order valence-electron chi connectivity index (χ0n) is 4.39. The maximum absolute atomic E-state index is 2.00. The second-order valence-corrected chi connectivity index (χ2v) is 0.577. The second-order valence-electron chi connectivity index (χ2n) is 0.577. The van der Waals surface area contributed by atoms with E-state index in [1.807, 2.05) is 20.3 Å². The molecule has 0 rings (SSSR count). The van der Waals surface area contributed by atoms with Crippen LogP contribution in [0.25, 0.3) is 0 Å². The van der Waals surface area contributed by atoms with Gasteiger partial charge in [-0.05, 0) is 0 Å². The summed E-state index contributed by atoms with van der Waals surface area (Å²) in [6.45, 7) is 4.00. The molecule has 0 aliphatic rings. The van der Waals surface area contributed by atoms with Gasteiger partial charge in [-0.15, -0.1) is 0 Å². The molecule has 0 amide bonds. The number of hydrogen-bond acceptors (Lipinski definition) is 0. The molecule has 0 spiro atoms. The maximum atomic E-state index is 2.00. The van der Waals surface area contributed by atoms with E-state index in [2.05, 4.69) is 0 Å².